The Labute approximate surface area is 252 Å². The maximum absolute atomic E-state index is 10.6. The number of aromatic nitrogens is 2. The van der Waals surface area contributed by atoms with Crippen LogP contribution < -0.4 is 0 Å². The van der Waals surface area contributed by atoms with Gasteiger partial charge in [0.25, 0.3) is 0 Å². The van der Waals surface area contributed by atoms with Crippen LogP contribution in [0, 0.1) is 22.7 Å². The molecule has 4 heteroatoms. The molecular weight excluding hydrogens is 536 g/mol. The molecule has 0 radical (unpaired) electrons. The second-order valence-corrected chi connectivity index (χ2v) is 11.2. The van der Waals surface area contributed by atoms with E-state index < -0.39 is 0 Å². The van der Waals surface area contributed by atoms with Crippen LogP contribution in [0.15, 0.2) is 133 Å². The van der Waals surface area contributed by atoms with E-state index in [0.717, 1.165) is 65.8 Å². The van der Waals surface area contributed by atoms with Gasteiger partial charge in [0.2, 0.25) is 0 Å². The fourth-order valence-corrected chi connectivity index (χ4v) is 7.15. The van der Waals surface area contributed by atoms with Gasteiger partial charge in [-0.2, -0.15) is 10.5 Å². The van der Waals surface area contributed by atoms with Gasteiger partial charge in [-0.05, 0) is 57.9 Å². The fourth-order valence-electron chi connectivity index (χ4n) is 7.15. The van der Waals surface area contributed by atoms with E-state index >= 15 is 0 Å². The Hall–Kier alpha value is -6.36. The number of rotatable bonds is 2. The summed E-state index contributed by atoms with van der Waals surface area (Å²) < 4.78 is 4.45. The van der Waals surface area contributed by atoms with Crippen molar-refractivity contribution in [3.8, 4) is 23.5 Å². The quantitative estimate of drug-likeness (QED) is 0.212. The Balaban J connectivity index is 1.55. The first-order valence-electron chi connectivity index (χ1n) is 14.6. The van der Waals surface area contributed by atoms with Crippen LogP contribution >= 0.6 is 0 Å². The van der Waals surface area contributed by atoms with E-state index in [1.165, 1.54) is 10.8 Å². The zero-order valence-corrected chi connectivity index (χ0v) is 23.5. The first-order chi connectivity index (χ1) is 21.8. The topological polar surface area (TPSA) is 57.4 Å². The summed E-state index contributed by atoms with van der Waals surface area (Å²) >= 11 is 0. The third-order valence-electron chi connectivity index (χ3n) is 8.93. The lowest BCUT2D eigenvalue weighted by Crippen LogP contribution is -2.07. The van der Waals surface area contributed by atoms with Crippen LogP contribution in [-0.4, -0.2) is 9.13 Å². The molecule has 0 atom stereocenters. The molecule has 0 amide bonds. The van der Waals surface area contributed by atoms with E-state index in [1.807, 2.05) is 30.3 Å². The highest BCUT2D eigenvalue weighted by atomic mass is 15.1. The maximum Gasteiger partial charge on any atom is 0.101 e. The normalized spacial score (nSPS) is 11.6. The summed E-state index contributed by atoms with van der Waals surface area (Å²) in [4.78, 5) is 0. The van der Waals surface area contributed by atoms with Crippen LogP contribution in [0.4, 0.5) is 0 Å². The lowest BCUT2D eigenvalue weighted by atomic mass is 10.00. The van der Waals surface area contributed by atoms with E-state index in [0.29, 0.717) is 11.1 Å². The van der Waals surface area contributed by atoms with E-state index in [2.05, 4.69) is 118 Å². The Morgan fingerprint density at radius 2 is 0.932 bits per heavy atom. The lowest BCUT2D eigenvalue weighted by Gasteiger charge is -2.18. The van der Waals surface area contributed by atoms with Crippen molar-refractivity contribution in [2.24, 2.45) is 0 Å². The Morgan fingerprint density at radius 1 is 0.432 bits per heavy atom. The highest BCUT2D eigenvalue weighted by Crippen LogP contribution is 2.43. The van der Waals surface area contributed by atoms with E-state index in [1.54, 1.807) is 6.07 Å². The molecule has 0 unspecified atom stereocenters. The van der Waals surface area contributed by atoms with Crippen molar-refractivity contribution < 1.29 is 0 Å². The molecule has 0 saturated heterocycles. The molecule has 0 fully saturated rings. The van der Waals surface area contributed by atoms with Gasteiger partial charge in [-0.3, -0.25) is 0 Å². The molecule has 0 N–H and O–H groups in total. The molecule has 7 aromatic carbocycles. The largest absolute Gasteiger partial charge is 0.307 e. The highest BCUT2D eigenvalue weighted by molar-refractivity contribution is 6.28. The van der Waals surface area contributed by atoms with Crippen LogP contribution in [0.3, 0.4) is 0 Å². The van der Waals surface area contributed by atoms with Gasteiger partial charge in [-0.1, -0.05) is 97.1 Å². The molecule has 9 rings (SSSR count). The summed E-state index contributed by atoms with van der Waals surface area (Å²) in [5.41, 5.74) is 6.49. The van der Waals surface area contributed by atoms with Crippen molar-refractivity contribution in [3.63, 3.8) is 0 Å². The average molecular weight is 559 g/mol. The summed E-state index contributed by atoms with van der Waals surface area (Å²) in [6.45, 7) is 0. The predicted octanol–water partition coefficient (Wildman–Crippen LogP) is 9.93. The van der Waals surface area contributed by atoms with Crippen LogP contribution in [0.25, 0.3) is 76.5 Å². The van der Waals surface area contributed by atoms with Gasteiger partial charge in [0.1, 0.15) is 6.07 Å². The molecule has 2 aromatic heterocycles. The molecule has 4 nitrogen and oxygen atoms in total. The molecule has 44 heavy (non-hydrogen) atoms. The van der Waals surface area contributed by atoms with Crippen LogP contribution in [0.5, 0.6) is 0 Å². The van der Waals surface area contributed by atoms with Crippen molar-refractivity contribution in [1.29, 1.82) is 10.5 Å². The van der Waals surface area contributed by atoms with E-state index in [-0.39, 0.29) is 0 Å². The smallest absolute Gasteiger partial charge is 0.101 e. The van der Waals surface area contributed by atoms with Gasteiger partial charge >= 0.3 is 0 Å². The maximum atomic E-state index is 10.6. The Kier molecular flexibility index (Phi) is 5.00. The molecule has 0 aliphatic carbocycles. The summed E-state index contributed by atoms with van der Waals surface area (Å²) in [6, 6.07) is 50.7. The predicted molar refractivity (Wildman–Crippen MR) is 180 cm³/mol. The minimum Gasteiger partial charge on any atom is -0.307 e. The monoisotopic (exact) mass is 558 g/mol. The third-order valence-corrected chi connectivity index (χ3v) is 8.93. The van der Waals surface area contributed by atoms with Gasteiger partial charge in [0.15, 0.2) is 0 Å². The standard InChI is InChI=1S/C40H22N4/c41-23-25-21-28(24-42)40(44-33-15-7-5-13-31(33)32-14-6-8-16-34(32)44)37(22-25)43-35-19-17-26-9-1-3-11-29(26)38(35)39-30-12-4-2-10-27(30)18-20-36(39)43/h1-22H. The molecule has 0 aliphatic rings. The fraction of sp³-hybridized carbons (Fsp3) is 0. The Bertz CT molecular complexity index is 2600. The van der Waals surface area contributed by atoms with Crippen LogP contribution in [-0.2, 0) is 0 Å². The third kappa shape index (κ3) is 3.20. The van der Waals surface area contributed by atoms with Crippen LogP contribution in [0.1, 0.15) is 11.1 Å². The van der Waals surface area contributed by atoms with Gasteiger partial charge < -0.3 is 9.13 Å². The number of nitrogens with zero attached hydrogens (tertiary/aromatic N) is 4. The Morgan fingerprint density at radius 3 is 1.45 bits per heavy atom. The number of hydrogen-bond acceptors (Lipinski definition) is 2. The van der Waals surface area contributed by atoms with Gasteiger partial charge in [-0.25, -0.2) is 0 Å². The number of para-hydroxylation sites is 2. The molecular formula is C40H22N4. The van der Waals surface area contributed by atoms with Crippen LogP contribution in [0.2, 0.25) is 0 Å². The van der Waals surface area contributed by atoms with Crippen molar-refractivity contribution in [1.82, 2.24) is 9.13 Å². The number of fused-ring (bicyclic) bond motifs is 10. The summed E-state index contributed by atoms with van der Waals surface area (Å²) in [5.74, 6) is 0. The van der Waals surface area contributed by atoms with Gasteiger partial charge in [0.05, 0.1) is 50.6 Å². The molecule has 202 valence electrons. The number of hydrogen-bond donors (Lipinski definition) is 0. The van der Waals surface area contributed by atoms with Crippen molar-refractivity contribution >= 4 is 65.2 Å². The van der Waals surface area contributed by atoms with Crippen molar-refractivity contribution in [2.45, 2.75) is 0 Å². The van der Waals surface area contributed by atoms with E-state index in [9.17, 15) is 10.5 Å². The van der Waals surface area contributed by atoms with Gasteiger partial charge in [0, 0.05) is 21.5 Å². The highest BCUT2D eigenvalue weighted by Gasteiger charge is 2.24. The summed E-state index contributed by atoms with van der Waals surface area (Å²) in [5, 5.41) is 30.0. The summed E-state index contributed by atoms with van der Waals surface area (Å²) in [7, 11) is 0. The van der Waals surface area contributed by atoms with Crippen molar-refractivity contribution in [2.75, 3.05) is 0 Å². The second kappa shape index (κ2) is 9.07. The molecule has 0 aliphatic heterocycles. The SMILES string of the molecule is N#Cc1cc(C#N)c(-n2c3ccccc3c3ccccc32)c(-n2c3ccc4ccccc4c3c3c4ccccc4ccc32)c1. The zero-order valence-electron chi connectivity index (χ0n) is 23.5. The van der Waals surface area contributed by atoms with Gasteiger partial charge in [-0.15, -0.1) is 0 Å². The second-order valence-electron chi connectivity index (χ2n) is 11.2. The molecule has 9 aromatic rings. The molecule has 0 saturated carbocycles. The molecule has 2 heterocycles. The summed E-state index contributed by atoms with van der Waals surface area (Å²) in [6.07, 6.45) is 0. The minimum absolute atomic E-state index is 0.442. The van der Waals surface area contributed by atoms with Crippen molar-refractivity contribution in [3.05, 3.63) is 145 Å². The number of nitriles is 2. The zero-order chi connectivity index (χ0) is 29.4. The minimum atomic E-state index is 0.442. The average Bonchev–Trinajstić information content (AvgIpc) is 3.61. The lowest BCUT2D eigenvalue weighted by molar-refractivity contribution is 1.09. The number of benzene rings is 7. The first kappa shape index (κ1) is 24.3. The molecule has 0 spiro atoms. The first-order valence-corrected chi connectivity index (χ1v) is 14.6. The van der Waals surface area contributed by atoms with E-state index in [4.69, 9.17) is 0 Å². The molecule has 0 bridgehead atoms.